The summed E-state index contributed by atoms with van der Waals surface area (Å²) in [6.45, 7) is 3.98. The molecular weight excluding hydrogens is 302 g/mol. The maximum absolute atomic E-state index is 5.37. The summed E-state index contributed by atoms with van der Waals surface area (Å²) < 4.78 is 5.37. The zero-order chi connectivity index (χ0) is 16.7. The largest absolute Gasteiger partial charge is 0.496 e. The number of anilines is 2. The lowest BCUT2D eigenvalue weighted by Gasteiger charge is -2.09. The van der Waals surface area contributed by atoms with Gasteiger partial charge in [0.15, 0.2) is 0 Å². The Balaban J connectivity index is 1.73. The summed E-state index contributed by atoms with van der Waals surface area (Å²) in [5.74, 6) is 1.37. The Bertz CT molecular complexity index is 1050. The molecule has 0 aliphatic carbocycles. The lowest BCUT2D eigenvalue weighted by molar-refractivity contribution is 0.412. The first-order chi connectivity index (χ1) is 11.7. The number of aromatic nitrogens is 4. The Kier molecular flexibility index (Phi) is 3.30. The van der Waals surface area contributed by atoms with Crippen LogP contribution in [0.4, 0.5) is 11.6 Å². The van der Waals surface area contributed by atoms with Crippen molar-refractivity contribution in [2.45, 2.75) is 13.8 Å². The Hall–Kier alpha value is -3.15. The molecule has 0 saturated carbocycles. The van der Waals surface area contributed by atoms with Crippen molar-refractivity contribution in [2.75, 3.05) is 12.4 Å². The van der Waals surface area contributed by atoms with Gasteiger partial charge in [-0.2, -0.15) is 5.10 Å². The lowest BCUT2D eigenvalue weighted by atomic mass is 10.1. The van der Waals surface area contributed by atoms with Crippen LogP contribution in [0.15, 0.2) is 36.5 Å². The molecule has 24 heavy (non-hydrogen) atoms. The van der Waals surface area contributed by atoms with Gasteiger partial charge in [-0.15, -0.1) is 0 Å². The van der Waals surface area contributed by atoms with Crippen molar-refractivity contribution in [1.29, 1.82) is 0 Å². The van der Waals surface area contributed by atoms with Gasteiger partial charge in [-0.3, -0.25) is 5.10 Å². The van der Waals surface area contributed by atoms with E-state index in [2.05, 4.69) is 25.5 Å². The molecule has 0 bridgehead atoms. The van der Waals surface area contributed by atoms with Crippen molar-refractivity contribution in [2.24, 2.45) is 0 Å². The van der Waals surface area contributed by atoms with Gasteiger partial charge >= 0.3 is 0 Å². The van der Waals surface area contributed by atoms with Gasteiger partial charge in [0.1, 0.15) is 5.75 Å². The molecule has 4 aromatic rings. The fraction of sp³-hybridized carbons (Fsp3) is 0.167. The van der Waals surface area contributed by atoms with Crippen LogP contribution in [0.1, 0.15) is 11.3 Å². The monoisotopic (exact) mass is 319 g/mol. The fourth-order valence-corrected chi connectivity index (χ4v) is 2.87. The molecule has 0 amide bonds. The van der Waals surface area contributed by atoms with Crippen LogP contribution >= 0.6 is 0 Å². The van der Waals surface area contributed by atoms with E-state index in [4.69, 9.17) is 4.74 Å². The number of H-pyrrole nitrogens is 1. The first kappa shape index (κ1) is 14.4. The number of rotatable bonds is 3. The molecule has 2 aromatic heterocycles. The molecular formula is C18H17N5O. The summed E-state index contributed by atoms with van der Waals surface area (Å²) in [5, 5.41) is 12.6. The molecule has 120 valence electrons. The van der Waals surface area contributed by atoms with Crippen molar-refractivity contribution in [3.8, 4) is 5.75 Å². The number of fused-ring (bicyclic) bond motifs is 2. The van der Waals surface area contributed by atoms with Gasteiger partial charge in [0, 0.05) is 28.2 Å². The summed E-state index contributed by atoms with van der Waals surface area (Å²) in [5.41, 5.74) is 4.76. The average molecular weight is 319 g/mol. The van der Waals surface area contributed by atoms with Crippen LogP contribution in [0.2, 0.25) is 0 Å². The van der Waals surface area contributed by atoms with E-state index in [0.29, 0.717) is 5.95 Å². The molecule has 6 heteroatoms. The van der Waals surface area contributed by atoms with Gasteiger partial charge < -0.3 is 10.1 Å². The van der Waals surface area contributed by atoms with E-state index < -0.39 is 0 Å². The molecule has 2 heterocycles. The van der Waals surface area contributed by atoms with Crippen LogP contribution in [0.25, 0.3) is 21.8 Å². The highest BCUT2D eigenvalue weighted by Gasteiger charge is 2.08. The van der Waals surface area contributed by atoms with E-state index in [1.54, 1.807) is 7.11 Å². The molecule has 4 rings (SSSR count). The highest BCUT2D eigenvalue weighted by atomic mass is 16.5. The topological polar surface area (TPSA) is 75.7 Å². The van der Waals surface area contributed by atoms with Crippen LogP contribution in [-0.4, -0.2) is 27.3 Å². The molecule has 0 unspecified atom stereocenters. The molecule has 0 fully saturated rings. The number of ether oxygens (including phenoxy) is 1. The van der Waals surface area contributed by atoms with Crippen molar-refractivity contribution in [3.05, 3.63) is 47.8 Å². The zero-order valence-electron chi connectivity index (χ0n) is 13.7. The molecule has 2 aromatic carbocycles. The normalized spacial score (nSPS) is 11.1. The first-order valence-electron chi connectivity index (χ1n) is 7.68. The Morgan fingerprint density at radius 2 is 2.00 bits per heavy atom. The van der Waals surface area contributed by atoms with Crippen LogP contribution < -0.4 is 10.1 Å². The maximum atomic E-state index is 5.37. The maximum Gasteiger partial charge on any atom is 0.227 e. The summed E-state index contributed by atoms with van der Waals surface area (Å²) >= 11 is 0. The Labute approximate surface area is 138 Å². The molecule has 6 nitrogen and oxygen atoms in total. The Morgan fingerprint density at radius 1 is 1.12 bits per heavy atom. The lowest BCUT2D eigenvalue weighted by Crippen LogP contribution is -1.98. The van der Waals surface area contributed by atoms with Crippen LogP contribution in [0.3, 0.4) is 0 Å². The quantitative estimate of drug-likeness (QED) is 0.599. The number of methoxy groups -OCH3 is 1. The number of hydrogen-bond donors (Lipinski definition) is 2. The standard InChI is InChI=1S/C18H17N5O/c1-10-16(24-3)7-4-12-9-19-18(21-17(10)12)20-13-5-6-14-11(2)22-23-15(14)8-13/h4-9H,1-3H3,(H,22,23)(H,19,20,21). The fourth-order valence-electron chi connectivity index (χ4n) is 2.87. The van der Waals surface area contributed by atoms with Crippen molar-refractivity contribution < 1.29 is 4.74 Å². The van der Waals surface area contributed by atoms with Crippen LogP contribution in [-0.2, 0) is 0 Å². The predicted octanol–water partition coefficient (Wildman–Crippen LogP) is 3.88. The number of nitrogens with one attached hydrogen (secondary N) is 2. The van der Waals surface area contributed by atoms with E-state index >= 15 is 0 Å². The highest BCUT2D eigenvalue weighted by Crippen LogP contribution is 2.27. The third kappa shape index (κ3) is 2.32. The number of aryl methyl sites for hydroxylation is 2. The second-order valence-electron chi connectivity index (χ2n) is 5.72. The number of hydrogen-bond acceptors (Lipinski definition) is 5. The summed E-state index contributed by atoms with van der Waals surface area (Å²) in [4.78, 5) is 9.03. The molecule has 0 spiro atoms. The summed E-state index contributed by atoms with van der Waals surface area (Å²) in [6.07, 6.45) is 1.82. The van der Waals surface area contributed by atoms with Gasteiger partial charge in [0.05, 0.1) is 23.8 Å². The minimum absolute atomic E-state index is 0.550. The van der Waals surface area contributed by atoms with Crippen molar-refractivity contribution >= 4 is 33.4 Å². The number of aromatic amines is 1. The van der Waals surface area contributed by atoms with Crippen molar-refractivity contribution in [3.63, 3.8) is 0 Å². The highest BCUT2D eigenvalue weighted by molar-refractivity contribution is 5.86. The smallest absolute Gasteiger partial charge is 0.227 e. The molecule has 0 saturated heterocycles. The van der Waals surface area contributed by atoms with E-state index in [1.807, 2.05) is 50.4 Å². The molecule has 0 atom stereocenters. The minimum Gasteiger partial charge on any atom is -0.496 e. The SMILES string of the molecule is COc1ccc2cnc(Nc3ccc4c(C)n[nH]c4c3)nc2c1C. The molecule has 0 radical (unpaired) electrons. The minimum atomic E-state index is 0.550. The van der Waals surface area contributed by atoms with Crippen LogP contribution in [0, 0.1) is 13.8 Å². The third-order valence-corrected chi connectivity index (χ3v) is 4.19. The van der Waals surface area contributed by atoms with Gasteiger partial charge in [-0.05, 0) is 44.2 Å². The second kappa shape index (κ2) is 5.49. The molecule has 2 N–H and O–H groups in total. The summed E-state index contributed by atoms with van der Waals surface area (Å²) in [6, 6.07) is 9.93. The van der Waals surface area contributed by atoms with E-state index in [-0.39, 0.29) is 0 Å². The zero-order valence-corrected chi connectivity index (χ0v) is 13.7. The molecule has 0 aliphatic rings. The van der Waals surface area contributed by atoms with E-state index in [1.165, 1.54) is 0 Å². The van der Waals surface area contributed by atoms with Crippen molar-refractivity contribution in [1.82, 2.24) is 20.2 Å². The van der Waals surface area contributed by atoms with E-state index in [9.17, 15) is 0 Å². The second-order valence-corrected chi connectivity index (χ2v) is 5.72. The van der Waals surface area contributed by atoms with Gasteiger partial charge in [-0.25, -0.2) is 9.97 Å². The van der Waals surface area contributed by atoms with E-state index in [0.717, 1.165) is 44.5 Å². The van der Waals surface area contributed by atoms with Gasteiger partial charge in [0.25, 0.3) is 0 Å². The van der Waals surface area contributed by atoms with Gasteiger partial charge in [-0.1, -0.05) is 0 Å². The number of nitrogens with zero attached hydrogens (tertiary/aromatic N) is 3. The Morgan fingerprint density at radius 3 is 2.83 bits per heavy atom. The predicted molar refractivity (Wildman–Crippen MR) is 94.9 cm³/mol. The first-order valence-corrected chi connectivity index (χ1v) is 7.68. The summed E-state index contributed by atoms with van der Waals surface area (Å²) in [7, 11) is 1.66. The molecule has 0 aliphatic heterocycles. The third-order valence-electron chi connectivity index (χ3n) is 4.19. The van der Waals surface area contributed by atoms with Crippen LogP contribution in [0.5, 0.6) is 5.75 Å². The number of benzene rings is 2. The average Bonchev–Trinajstić information content (AvgIpc) is 2.96. The van der Waals surface area contributed by atoms with Gasteiger partial charge in [0.2, 0.25) is 5.95 Å².